The maximum absolute atomic E-state index is 12.0. The maximum atomic E-state index is 12.0. The van der Waals surface area contributed by atoms with Crippen LogP contribution in [0.15, 0.2) is 0 Å². The normalized spacial score (nSPS) is 21.2. The van der Waals surface area contributed by atoms with Crippen molar-refractivity contribution < 1.29 is 18.3 Å². The quantitative estimate of drug-likeness (QED) is 0.702. The Balaban J connectivity index is 2.08. The van der Waals surface area contributed by atoms with Crippen molar-refractivity contribution in [2.24, 2.45) is 13.0 Å². The molecule has 0 spiro atoms. The van der Waals surface area contributed by atoms with Gasteiger partial charge in [0.05, 0.1) is 13.0 Å². The van der Waals surface area contributed by atoms with Crippen molar-refractivity contribution in [3.05, 3.63) is 0 Å². The second-order valence-corrected chi connectivity index (χ2v) is 5.92. The Morgan fingerprint density at radius 3 is 2.84 bits per heavy atom. The van der Waals surface area contributed by atoms with Crippen molar-refractivity contribution >= 4 is 22.1 Å². The molecule has 0 aromatic carbocycles. The number of carboxylic acids is 1. The Morgan fingerprint density at radius 1 is 1.53 bits per heavy atom. The highest BCUT2D eigenvalue weighted by molar-refractivity contribution is 7.90. The molecular weight excluding hydrogens is 276 g/mol. The standard InChI is InChI=1S/C8H14N6O4S/c1-13-10-8(9-12-13)11-19(17,18)14-4-2-3-6(5-14)7(15)16/h6H,2-5H2,1H3,(H,10,11)(H,15,16). The van der Waals surface area contributed by atoms with Crippen molar-refractivity contribution in [3.63, 3.8) is 0 Å². The molecule has 10 nitrogen and oxygen atoms in total. The largest absolute Gasteiger partial charge is 0.481 e. The molecule has 1 aromatic heterocycles. The predicted octanol–water partition coefficient (Wildman–Crippen LogP) is -1.34. The molecule has 0 bridgehead atoms. The van der Waals surface area contributed by atoms with Crippen LogP contribution in [0.3, 0.4) is 0 Å². The Morgan fingerprint density at radius 2 is 2.26 bits per heavy atom. The number of aromatic nitrogens is 4. The van der Waals surface area contributed by atoms with Gasteiger partial charge in [-0.3, -0.25) is 4.79 Å². The van der Waals surface area contributed by atoms with Gasteiger partial charge in [-0.2, -0.15) is 17.5 Å². The molecule has 2 heterocycles. The first kappa shape index (κ1) is 13.7. The van der Waals surface area contributed by atoms with Crippen LogP contribution >= 0.6 is 0 Å². The number of tetrazole rings is 1. The molecule has 1 atom stereocenters. The molecule has 1 saturated heterocycles. The van der Waals surface area contributed by atoms with Crippen LogP contribution in [0.25, 0.3) is 0 Å². The third kappa shape index (κ3) is 3.17. The van der Waals surface area contributed by atoms with Gasteiger partial charge in [0.25, 0.3) is 5.95 Å². The summed E-state index contributed by atoms with van der Waals surface area (Å²) in [4.78, 5) is 12.0. The minimum atomic E-state index is -3.85. The third-order valence-corrected chi connectivity index (χ3v) is 4.25. The Kier molecular flexibility index (Phi) is 3.66. The first-order valence-electron chi connectivity index (χ1n) is 5.63. The zero-order chi connectivity index (χ0) is 14.0. The van der Waals surface area contributed by atoms with Crippen LogP contribution in [0.1, 0.15) is 12.8 Å². The van der Waals surface area contributed by atoms with Gasteiger partial charge in [0.15, 0.2) is 0 Å². The second-order valence-electron chi connectivity index (χ2n) is 4.24. The van der Waals surface area contributed by atoms with Gasteiger partial charge in [-0.05, 0) is 18.1 Å². The number of nitrogens with zero attached hydrogens (tertiary/aromatic N) is 5. The average Bonchev–Trinajstić information content (AvgIpc) is 2.74. The summed E-state index contributed by atoms with van der Waals surface area (Å²) < 4.78 is 27.3. The van der Waals surface area contributed by atoms with Crippen LogP contribution in [-0.4, -0.2) is 57.1 Å². The van der Waals surface area contributed by atoms with E-state index in [9.17, 15) is 13.2 Å². The van der Waals surface area contributed by atoms with E-state index in [0.29, 0.717) is 12.8 Å². The van der Waals surface area contributed by atoms with Gasteiger partial charge in [-0.25, -0.2) is 4.72 Å². The zero-order valence-corrected chi connectivity index (χ0v) is 11.0. The number of aliphatic carboxylic acids is 1. The van der Waals surface area contributed by atoms with E-state index in [-0.39, 0.29) is 19.0 Å². The molecule has 0 amide bonds. The van der Waals surface area contributed by atoms with Crippen LogP contribution < -0.4 is 4.72 Å². The molecule has 0 aliphatic carbocycles. The van der Waals surface area contributed by atoms with E-state index in [1.165, 1.54) is 7.05 Å². The van der Waals surface area contributed by atoms with E-state index in [2.05, 4.69) is 20.1 Å². The van der Waals surface area contributed by atoms with Crippen LogP contribution in [0.4, 0.5) is 5.95 Å². The van der Waals surface area contributed by atoms with E-state index in [0.717, 1.165) is 9.10 Å². The van der Waals surface area contributed by atoms with Crippen LogP contribution in [0.5, 0.6) is 0 Å². The molecule has 1 aliphatic rings. The molecule has 1 aliphatic heterocycles. The Bertz CT molecular complexity index is 570. The minimum Gasteiger partial charge on any atom is -0.481 e. The molecule has 11 heteroatoms. The Hall–Kier alpha value is -1.75. The van der Waals surface area contributed by atoms with Crippen molar-refractivity contribution in [2.45, 2.75) is 12.8 Å². The summed E-state index contributed by atoms with van der Waals surface area (Å²) in [5.74, 6) is -1.81. The van der Waals surface area contributed by atoms with Crippen molar-refractivity contribution in [2.75, 3.05) is 17.8 Å². The third-order valence-electron chi connectivity index (χ3n) is 2.80. The number of aryl methyl sites for hydroxylation is 1. The number of rotatable bonds is 4. The number of nitrogens with one attached hydrogen (secondary N) is 1. The summed E-state index contributed by atoms with van der Waals surface area (Å²) in [7, 11) is -2.34. The molecule has 1 fully saturated rings. The van der Waals surface area contributed by atoms with E-state index in [4.69, 9.17) is 5.11 Å². The summed E-state index contributed by atoms with van der Waals surface area (Å²) in [6, 6.07) is 0. The van der Waals surface area contributed by atoms with Gasteiger partial charge in [0, 0.05) is 13.1 Å². The predicted molar refractivity (Wildman–Crippen MR) is 63.3 cm³/mol. The number of hydrogen-bond acceptors (Lipinski definition) is 6. The number of piperidine rings is 1. The molecule has 106 valence electrons. The Labute approximate surface area is 109 Å². The van der Waals surface area contributed by atoms with Crippen LogP contribution in [0, 0.1) is 5.92 Å². The van der Waals surface area contributed by atoms with Gasteiger partial charge in [-0.15, -0.1) is 5.10 Å². The second kappa shape index (κ2) is 5.09. The highest BCUT2D eigenvalue weighted by Gasteiger charge is 2.32. The summed E-state index contributed by atoms with van der Waals surface area (Å²) in [5.41, 5.74) is 0. The molecule has 19 heavy (non-hydrogen) atoms. The molecule has 0 saturated carbocycles. The van der Waals surface area contributed by atoms with Gasteiger partial charge in [-0.1, -0.05) is 5.10 Å². The lowest BCUT2D eigenvalue weighted by molar-refractivity contribution is -0.142. The van der Waals surface area contributed by atoms with E-state index >= 15 is 0 Å². The fourth-order valence-corrected chi connectivity index (χ4v) is 3.05. The molecule has 1 unspecified atom stereocenters. The number of carbonyl (C=O) groups is 1. The van der Waals surface area contributed by atoms with Gasteiger partial charge < -0.3 is 5.11 Å². The van der Waals surface area contributed by atoms with Gasteiger partial charge >= 0.3 is 16.2 Å². The molecule has 2 N–H and O–H groups in total. The first-order valence-corrected chi connectivity index (χ1v) is 7.07. The molecule has 1 aromatic rings. The highest BCUT2D eigenvalue weighted by Crippen LogP contribution is 2.19. The summed E-state index contributed by atoms with van der Waals surface area (Å²) in [5, 5.41) is 19.7. The van der Waals surface area contributed by atoms with E-state index in [1.807, 2.05) is 0 Å². The molecule has 2 rings (SSSR count). The van der Waals surface area contributed by atoms with Crippen molar-refractivity contribution in [1.29, 1.82) is 0 Å². The number of anilines is 1. The van der Waals surface area contributed by atoms with Gasteiger partial charge in [0.1, 0.15) is 0 Å². The lowest BCUT2D eigenvalue weighted by Crippen LogP contribution is -2.44. The fourth-order valence-electron chi connectivity index (χ4n) is 1.87. The van der Waals surface area contributed by atoms with E-state index in [1.54, 1.807) is 0 Å². The number of hydrogen-bond donors (Lipinski definition) is 2. The lowest BCUT2D eigenvalue weighted by atomic mass is 10.0. The lowest BCUT2D eigenvalue weighted by Gasteiger charge is -2.29. The maximum Gasteiger partial charge on any atom is 0.307 e. The monoisotopic (exact) mass is 290 g/mol. The van der Waals surface area contributed by atoms with E-state index < -0.39 is 22.1 Å². The summed E-state index contributed by atoms with van der Waals surface area (Å²) in [6.07, 6.45) is 0.983. The molecule has 0 radical (unpaired) electrons. The smallest absolute Gasteiger partial charge is 0.307 e. The fraction of sp³-hybridized carbons (Fsp3) is 0.750. The summed E-state index contributed by atoms with van der Waals surface area (Å²) >= 11 is 0. The van der Waals surface area contributed by atoms with Gasteiger partial charge in [0.2, 0.25) is 0 Å². The van der Waals surface area contributed by atoms with Crippen molar-refractivity contribution in [1.82, 2.24) is 24.5 Å². The topological polar surface area (TPSA) is 130 Å². The summed E-state index contributed by atoms with van der Waals surface area (Å²) in [6.45, 7) is 0.226. The van der Waals surface area contributed by atoms with Crippen molar-refractivity contribution in [3.8, 4) is 0 Å². The van der Waals surface area contributed by atoms with Crippen LogP contribution in [0.2, 0.25) is 0 Å². The minimum absolute atomic E-state index is 0.0507. The average molecular weight is 290 g/mol. The first-order chi connectivity index (χ1) is 8.88. The highest BCUT2D eigenvalue weighted by atomic mass is 32.2. The zero-order valence-electron chi connectivity index (χ0n) is 10.2. The SMILES string of the molecule is Cn1nnc(NS(=O)(=O)N2CCCC(C(=O)O)C2)n1. The van der Waals surface area contributed by atoms with Crippen LogP contribution in [-0.2, 0) is 22.1 Å². The number of carboxylic acid groups (broad SMARTS) is 1. The molecular formula is C8H14N6O4S.